The number of nitrogens with zero attached hydrogens (tertiary/aromatic N) is 2. The Labute approximate surface area is 100 Å². The maximum Gasteiger partial charge on any atom is 0.339 e. The van der Waals surface area contributed by atoms with Crippen molar-refractivity contribution in [3.63, 3.8) is 0 Å². The van der Waals surface area contributed by atoms with Gasteiger partial charge in [0.15, 0.2) is 0 Å². The molecular weight excluding hydrogens is 279 g/mol. The van der Waals surface area contributed by atoms with Gasteiger partial charge in [-0.1, -0.05) is 0 Å². The van der Waals surface area contributed by atoms with Crippen LogP contribution in [-0.4, -0.2) is 35.3 Å². The van der Waals surface area contributed by atoms with Crippen molar-refractivity contribution in [2.75, 3.05) is 18.0 Å². The fourth-order valence-electron chi connectivity index (χ4n) is 1.75. The van der Waals surface area contributed by atoms with E-state index in [9.17, 15) is 9.18 Å². The summed E-state index contributed by atoms with van der Waals surface area (Å²) in [6.45, 7) is 0.727. The van der Waals surface area contributed by atoms with Crippen LogP contribution < -0.4 is 4.90 Å². The molecule has 86 valence electrons. The van der Waals surface area contributed by atoms with E-state index in [-0.39, 0.29) is 12.1 Å². The third kappa shape index (κ3) is 2.16. The maximum atomic E-state index is 13.0. The summed E-state index contributed by atoms with van der Waals surface area (Å²) < 4.78 is 13.6. The molecule has 1 N–H and O–H groups in total. The van der Waals surface area contributed by atoms with E-state index < -0.39 is 12.1 Å². The summed E-state index contributed by atoms with van der Waals surface area (Å²) in [5.41, 5.74) is 0.100. The first kappa shape index (κ1) is 11.3. The predicted molar refractivity (Wildman–Crippen MR) is 60.6 cm³/mol. The summed E-state index contributed by atoms with van der Waals surface area (Å²) >= 11 is 3.17. The Morgan fingerprint density at radius 2 is 2.44 bits per heavy atom. The quantitative estimate of drug-likeness (QED) is 0.905. The molecule has 1 unspecified atom stereocenters. The lowest BCUT2D eigenvalue weighted by molar-refractivity contribution is 0.0697. The highest BCUT2D eigenvalue weighted by atomic mass is 79.9. The highest BCUT2D eigenvalue weighted by Gasteiger charge is 2.26. The van der Waals surface area contributed by atoms with Crippen molar-refractivity contribution in [1.29, 1.82) is 0 Å². The van der Waals surface area contributed by atoms with Crippen molar-refractivity contribution in [3.8, 4) is 0 Å². The molecule has 2 rings (SSSR count). The lowest BCUT2D eigenvalue weighted by Crippen LogP contribution is -2.23. The number of alkyl halides is 1. The molecule has 1 aromatic heterocycles. The number of anilines is 1. The molecule has 0 radical (unpaired) electrons. The predicted octanol–water partition coefficient (Wildman–Crippen LogP) is 2.09. The number of hydrogen-bond donors (Lipinski definition) is 1. The molecule has 6 heteroatoms. The average Bonchev–Trinajstić information content (AvgIpc) is 2.64. The third-order valence-electron chi connectivity index (χ3n) is 2.49. The highest BCUT2D eigenvalue weighted by molar-refractivity contribution is 9.10. The van der Waals surface area contributed by atoms with Gasteiger partial charge in [0, 0.05) is 17.2 Å². The first-order valence-electron chi connectivity index (χ1n) is 4.86. The number of carbonyl (C=O) groups is 1. The van der Waals surface area contributed by atoms with Gasteiger partial charge < -0.3 is 10.0 Å². The van der Waals surface area contributed by atoms with E-state index in [0.29, 0.717) is 23.3 Å². The zero-order valence-electron chi connectivity index (χ0n) is 8.36. The molecular formula is C10H10BrFN2O2. The SMILES string of the molecule is O=C(O)c1cc(Br)cnc1N1CCC(F)C1. The molecule has 4 nitrogen and oxygen atoms in total. The van der Waals surface area contributed by atoms with Gasteiger partial charge >= 0.3 is 5.97 Å². The van der Waals surface area contributed by atoms with Crippen LogP contribution >= 0.6 is 15.9 Å². The summed E-state index contributed by atoms with van der Waals surface area (Å²) in [6, 6.07) is 1.48. The monoisotopic (exact) mass is 288 g/mol. The summed E-state index contributed by atoms with van der Waals surface area (Å²) in [7, 11) is 0. The lowest BCUT2D eigenvalue weighted by Gasteiger charge is -2.18. The van der Waals surface area contributed by atoms with Crippen molar-refractivity contribution in [2.45, 2.75) is 12.6 Å². The molecule has 0 bridgehead atoms. The Morgan fingerprint density at radius 3 is 3.00 bits per heavy atom. The minimum Gasteiger partial charge on any atom is -0.478 e. The molecule has 0 aliphatic carbocycles. The molecule has 2 heterocycles. The van der Waals surface area contributed by atoms with Gasteiger partial charge in [0.2, 0.25) is 0 Å². The lowest BCUT2D eigenvalue weighted by atomic mass is 10.2. The van der Waals surface area contributed by atoms with Crippen molar-refractivity contribution in [2.24, 2.45) is 0 Å². The molecule has 16 heavy (non-hydrogen) atoms. The smallest absolute Gasteiger partial charge is 0.339 e. The zero-order chi connectivity index (χ0) is 11.7. The fourth-order valence-corrected chi connectivity index (χ4v) is 2.08. The molecule has 1 atom stereocenters. The van der Waals surface area contributed by atoms with E-state index in [0.717, 1.165) is 0 Å². The highest BCUT2D eigenvalue weighted by Crippen LogP contribution is 2.25. The largest absolute Gasteiger partial charge is 0.478 e. The van der Waals surface area contributed by atoms with Gasteiger partial charge in [0.05, 0.1) is 6.54 Å². The minimum absolute atomic E-state index is 0.100. The third-order valence-corrected chi connectivity index (χ3v) is 2.93. The van der Waals surface area contributed by atoms with Crippen LogP contribution in [0.15, 0.2) is 16.7 Å². The first-order chi connectivity index (χ1) is 7.58. The van der Waals surface area contributed by atoms with Crippen LogP contribution in [0.3, 0.4) is 0 Å². The fraction of sp³-hybridized carbons (Fsp3) is 0.400. The van der Waals surface area contributed by atoms with Crippen LogP contribution in [0.1, 0.15) is 16.8 Å². The molecule has 0 spiro atoms. The van der Waals surface area contributed by atoms with Crippen LogP contribution in [0.4, 0.5) is 10.2 Å². The molecule has 0 amide bonds. The van der Waals surface area contributed by atoms with Gasteiger partial charge in [0.1, 0.15) is 17.6 Å². The van der Waals surface area contributed by atoms with Crippen LogP contribution in [-0.2, 0) is 0 Å². The normalized spacial score (nSPS) is 20.1. The average molecular weight is 289 g/mol. The number of hydrogen-bond acceptors (Lipinski definition) is 3. The van der Waals surface area contributed by atoms with Gasteiger partial charge in [-0.25, -0.2) is 14.2 Å². The number of carboxylic acid groups (broad SMARTS) is 1. The van der Waals surface area contributed by atoms with Crippen LogP contribution in [0, 0.1) is 0 Å². The molecule has 0 saturated carbocycles. The molecule has 1 aromatic rings. The van der Waals surface area contributed by atoms with E-state index in [1.54, 1.807) is 4.90 Å². The summed E-state index contributed by atoms with van der Waals surface area (Å²) in [6.07, 6.45) is 1.05. The van der Waals surface area contributed by atoms with Crippen LogP contribution in [0.25, 0.3) is 0 Å². The number of carboxylic acids is 1. The second kappa shape index (κ2) is 4.37. The number of aromatic carboxylic acids is 1. The number of rotatable bonds is 2. The van der Waals surface area contributed by atoms with Crippen LogP contribution in [0.5, 0.6) is 0 Å². The number of halogens is 2. The van der Waals surface area contributed by atoms with E-state index in [1.165, 1.54) is 12.3 Å². The molecule has 1 saturated heterocycles. The van der Waals surface area contributed by atoms with E-state index in [1.807, 2.05) is 0 Å². The Hall–Kier alpha value is -1.17. The van der Waals surface area contributed by atoms with Crippen LogP contribution in [0.2, 0.25) is 0 Å². The van der Waals surface area contributed by atoms with E-state index >= 15 is 0 Å². The number of aromatic nitrogens is 1. The van der Waals surface area contributed by atoms with Gasteiger partial charge in [-0.3, -0.25) is 0 Å². The Bertz CT molecular complexity index is 427. The van der Waals surface area contributed by atoms with Gasteiger partial charge in [-0.05, 0) is 28.4 Å². The second-order valence-electron chi connectivity index (χ2n) is 3.66. The Morgan fingerprint density at radius 1 is 1.69 bits per heavy atom. The molecule has 1 fully saturated rings. The van der Waals surface area contributed by atoms with Crippen molar-refractivity contribution >= 4 is 27.7 Å². The standard InChI is InChI=1S/C10H10BrFN2O2/c11-6-3-8(10(15)16)9(13-4-6)14-2-1-7(12)5-14/h3-4,7H,1-2,5H2,(H,15,16). The first-order valence-corrected chi connectivity index (χ1v) is 5.65. The molecule has 1 aliphatic heterocycles. The molecule has 1 aliphatic rings. The van der Waals surface area contributed by atoms with Crippen molar-refractivity contribution < 1.29 is 14.3 Å². The number of pyridine rings is 1. The van der Waals surface area contributed by atoms with Gasteiger partial charge in [-0.2, -0.15) is 0 Å². The Balaban J connectivity index is 2.36. The minimum atomic E-state index is -1.05. The van der Waals surface area contributed by atoms with Gasteiger partial charge in [0.25, 0.3) is 0 Å². The second-order valence-corrected chi connectivity index (χ2v) is 4.58. The van der Waals surface area contributed by atoms with E-state index in [4.69, 9.17) is 5.11 Å². The summed E-state index contributed by atoms with van der Waals surface area (Å²) in [4.78, 5) is 16.7. The topological polar surface area (TPSA) is 53.4 Å². The van der Waals surface area contributed by atoms with Crippen molar-refractivity contribution in [3.05, 3.63) is 22.3 Å². The van der Waals surface area contributed by atoms with E-state index in [2.05, 4.69) is 20.9 Å². The summed E-state index contributed by atoms with van der Waals surface area (Å²) in [5.74, 6) is -0.707. The van der Waals surface area contributed by atoms with Gasteiger partial charge in [-0.15, -0.1) is 0 Å². The zero-order valence-corrected chi connectivity index (χ0v) is 9.95. The molecule has 0 aromatic carbocycles. The maximum absolute atomic E-state index is 13.0. The van der Waals surface area contributed by atoms with Crippen molar-refractivity contribution in [1.82, 2.24) is 4.98 Å². The Kier molecular flexibility index (Phi) is 3.09. The summed E-state index contributed by atoms with van der Waals surface area (Å²) in [5, 5.41) is 9.04.